The molecule has 4 aliphatic rings. The highest BCUT2D eigenvalue weighted by molar-refractivity contribution is 9.11. The average Bonchev–Trinajstić information content (AvgIpc) is 4.19. The molecule has 2 amide bonds. The zero-order chi connectivity index (χ0) is 53.3. The molecule has 10 rings (SSSR count). The summed E-state index contributed by atoms with van der Waals surface area (Å²) in [5.41, 5.74) is 4.33. The van der Waals surface area contributed by atoms with Crippen LogP contribution >= 0.6 is 50.2 Å². The Kier molecular flexibility index (Phi) is 16.7. The van der Waals surface area contributed by atoms with Crippen LogP contribution in [0.25, 0.3) is 21.5 Å². The van der Waals surface area contributed by atoms with Gasteiger partial charge in [-0.1, -0.05) is 48.0 Å². The van der Waals surface area contributed by atoms with E-state index in [0.29, 0.717) is 98.2 Å². The number of carbonyl (C=O) groups excluding carboxylic acids is 4. The Balaban J connectivity index is 0.000000184. The van der Waals surface area contributed by atoms with Gasteiger partial charge in [0.2, 0.25) is 0 Å². The largest absolute Gasteiger partial charge is 0.385 e. The van der Waals surface area contributed by atoms with Crippen LogP contribution in [-0.4, -0.2) is 120 Å². The number of nitrogens with zero attached hydrogens (tertiary/aromatic N) is 5. The Labute approximate surface area is 455 Å². The molecule has 6 aromatic rings. The SMILES string of the molecule is COCCCN1C(=O)c2cccc3c(CC(=O)C4CCN(S(=O)(=O)c5cc([N+](=O)[O-])c(Cl)s5)CC4)ccc1c23.COCCCN1C(=O)c2cccc3c(CC(=O)C4CCN(S(=O)(=O)c5ccc(Br)s5)CC4)ccc1c23. The molecule has 0 saturated carbocycles. The molecule has 0 spiro atoms. The minimum Gasteiger partial charge on any atom is -0.385 e. The fraction of sp³-hybridized carbons (Fsp3) is 0.385. The maximum absolute atomic E-state index is 13.3. The van der Waals surface area contributed by atoms with Crippen molar-refractivity contribution in [2.75, 3.05) is 76.5 Å². The minimum absolute atomic E-state index is 0.0125. The monoisotopic (exact) mass is 1180 g/mol. The standard InChI is InChI=1S/C26H27BrN2O5S2.C26H26ClN3O7S2/c1-34-15-3-12-29-21-7-6-18(19-4-2-5-20(25(19)21)26(29)31)16-22(30)17-10-13-28(14-11-17)36(32,33)24-9-8-23(27)35-24;1-37-13-3-10-29-20-7-6-17(18-4-2-5-19(24(18)20)26(29)32)14-22(31)16-8-11-28(12-9-16)39(35,36)23-15-21(30(33)34)25(27)38-23/h2,4-9,17H,3,10-16H2,1H3;2,4-7,15-16H,3,8-14H2,1H3. The molecule has 0 aliphatic carbocycles. The van der Waals surface area contributed by atoms with Crippen molar-refractivity contribution in [3.8, 4) is 0 Å². The smallest absolute Gasteiger partial charge is 0.300 e. The van der Waals surface area contributed by atoms with Gasteiger partial charge >= 0.3 is 0 Å². The third kappa shape index (κ3) is 11.0. The second kappa shape index (κ2) is 22.9. The number of Topliss-reactive ketones (excluding diaryl/α,β-unsaturated/α-hetero) is 2. The van der Waals surface area contributed by atoms with Crippen LogP contribution in [0.4, 0.5) is 17.1 Å². The summed E-state index contributed by atoms with van der Waals surface area (Å²) in [6, 6.07) is 23.3. The van der Waals surface area contributed by atoms with E-state index in [-0.39, 0.29) is 69.7 Å². The minimum atomic E-state index is -3.95. The Hall–Kier alpha value is -5.01. The van der Waals surface area contributed by atoms with Crippen molar-refractivity contribution in [2.24, 2.45) is 11.8 Å². The van der Waals surface area contributed by atoms with Gasteiger partial charge in [-0.25, -0.2) is 16.8 Å². The van der Waals surface area contributed by atoms with Gasteiger partial charge in [-0.2, -0.15) is 8.61 Å². The summed E-state index contributed by atoms with van der Waals surface area (Å²) in [6.45, 7) is 3.21. The normalized spacial score (nSPS) is 16.6. The van der Waals surface area contributed by atoms with Gasteiger partial charge < -0.3 is 19.3 Å². The molecule has 6 heterocycles. The van der Waals surface area contributed by atoms with E-state index < -0.39 is 30.7 Å². The average molecular weight is 1180 g/mol. The number of amides is 2. The number of ketones is 2. The number of anilines is 2. The van der Waals surface area contributed by atoms with Crippen molar-refractivity contribution >= 4 is 132 Å². The molecule has 0 unspecified atom stereocenters. The van der Waals surface area contributed by atoms with Crippen LogP contribution in [0.15, 0.2) is 91.1 Å². The lowest BCUT2D eigenvalue weighted by molar-refractivity contribution is -0.384. The number of hydrogen-bond acceptors (Lipinski definition) is 14. The molecule has 4 aliphatic heterocycles. The van der Waals surface area contributed by atoms with Gasteiger partial charge in [-0.15, -0.1) is 22.7 Å². The van der Waals surface area contributed by atoms with E-state index in [4.69, 9.17) is 21.1 Å². The van der Waals surface area contributed by atoms with Crippen LogP contribution < -0.4 is 9.80 Å². The highest BCUT2D eigenvalue weighted by Crippen LogP contribution is 2.43. The van der Waals surface area contributed by atoms with Gasteiger partial charge in [0.05, 0.1) is 20.1 Å². The zero-order valence-electron chi connectivity index (χ0n) is 41.0. The van der Waals surface area contributed by atoms with Crippen molar-refractivity contribution in [2.45, 2.75) is 59.8 Å². The topological polar surface area (TPSA) is 211 Å². The number of sulfonamides is 2. The van der Waals surface area contributed by atoms with Crippen LogP contribution in [0, 0.1) is 22.0 Å². The number of halogens is 2. The van der Waals surface area contributed by atoms with E-state index in [9.17, 15) is 46.1 Å². The van der Waals surface area contributed by atoms with Crippen LogP contribution in [0.1, 0.15) is 70.4 Å². The number of nitro groups is 1. The highest BCUT2D eigenvalue weighted by atomic mass is 79.9. The quantitative estimate of drug-likeness (QED) is 0.0422. The van der Waals surface area contributed by atoms with E-state index in [2.05, 4.69) is 15.9 Å². The van der Waals surface area contributed by atoms with Gasteiger partial charge in [-0.05, 0) is 113 Å². The van der Waals surface area contributed by atoms with Crippen molar-refractivity contribution in [3.05, 3.63) is 119 Å². The lowest BCUT2D eigenvalue weighted by atomic mass is 9.88. The first-order chi connectivity index (χ1) is 35.9. The van der Waals surface area contributed by atoms with E-state index in [1.165, 1.54) is 19.9 Å². The number of ether oxygens (including phenoxy) is 2. The molecule has 2 saturated heterocycles. The Morgan fingerprint density at radius 2 is 1.13 bits per heavy atom. The molecule has 0 N–H and O–H groups in total. The maximum atomic E-state index is 13.3. The molecule has 0 radical (unpaired) electrons. The van der Waals surface area contributed by atoms with E-state index >= 15 is 0 Å². The van der Waals surface area contributed by atoms with Gasteiger partial charge in [0, 0.05) is 119 Å². The molecule has 17 nitrogen and oxygen atoms in total. The lowest BCUT2D eigenvalue weighted by Gasteiger charge is -2.30. The van der Waals surface area contributed by atoms with Gasteiger partial charge in [0.15, 0.2) is 4.34 Å². The second-order valence-corrected chi connectivity index (χ2v) is 27.2. The molecule has 2 aromatic heterocycles. The number of rotatable bonds is 19. The van der Waals surface area contributed by atoms with Crippen molar-refractivity contribution in [1.82, 2.24) is 8.61 Å². The van der Waals surface area contributed by atoms with Crippen LogP contribution in [0.5, 0.6) is 0 Å². The Bertz CT molecular complexity index is 3460. The summed E-state index contributed by atoms with van der Waals surface area (Å²) in [6.07, 6.45) is 3.64. The van der Waals surface area contributed by atoms with E-state index in [0.717, 1.165) is 60.3 Å². The molecule has 2 fully saturated rings. The fourth-order valence-corrected chi connectivity index (χ4v) is 17.4. The Morgan fingerprint density at radius 1 is 0.680 bits per heavy atom. The third-order valence-electron chi connectivity index (χ3n) is 14.3. The number of hydrogen-bond donors (Lipinski definition) is 0. The van der Waals surface area contributed by atoms with Crippen LogP contribution in [0.3, 0.4) is 0 Å². The number of piperidine rings is 2. The lowest BCUT2D eigenvalue weighted by Crippen LogP contribution is -2.40. The predicted octanol–water partition coefficient (Wildman–Crippen LogP) is 9.55. The summed E-state index contributed by atoms with van der Waals surface area (Å²) < 4.78 is 65.6. The molecular formula is C52H53BrClN5O12S4. The molecule has 0 atom stereocenters. The van der Waals surface area contributed by atoms with E-state index in [1.54, 1.807) is 36.2 Å². The number of methoxy groups -OCH3 is 2. The number of carbonyl (C=O) groups is 4. The van der Waals surface area contributed by atoms with Crippen molar-refractivity contribution in [3.63, 3.8) is 0 Å². The highest BCUT2D eigenvalue weighted by Gasteiger charge is 2.38. The summed E-state index contributed by atoms with van der Waals surface area (Å²) in [4.78, 5) is 66.6. The summed E-state index contributed by atoms with van der Waals surface area (Å²) in [5.74, 6) is -0.422. The maximum Gasteiger partial charge on any atom is 0.300 e. The summed E-state index contributed by atoms with van der Waals surface area (Å²) in [5, 5.41) is 14.6. The summed E-state index contributed by atoms with van der Waals surface area (Å²) >= 11 is 11.0. The molecule has 0 bridgehead atoms. The predicted molar refractivity (Wildman–Crippen MR) is 293 cm³/mol. The fourth-order valence-electron chi connectivity index (χ4n) is 10.5. The third-order valence-corrected chi connectivity index (χ3v) is 22.0. The summed E-state index contributed by atoms with van der Waals surface area (Å²) in [7, 11) is -4.21. The first kappa shape index (κ1) is 54.8. The molecular weight excluding hydrogens is 1130 g/mol. The zero-order valence-corrected chi connectivity index (χ0v) is 46.6. The number of thiophene rings is 2. The van der Waals surface area contributed by atoms with Gasteiger partial charge in [0.25, 0.3) is 37.5 Å². The van der Waals surface area contributed by atoms with Gasteiger partial charge in [-0.3, -0.25) is 29.3 Å². The van der Waals surface area contributed by atoms with Gasteiger partial charge in [0.1, 0.15) is 20.0 Å². The second-order valence-electron chi connectivity index (χ2n) is 18.7. The molecule has 23 heteroatoms. The van der Waals surface area contributed by atoms with Crippen LogP contribution in [0.2, 0.25) is 4.34 Å². The first-order valence-electron chi connectivity index (χ1n) is 24.4. The van der Waals surface area contributed by atoms with Crippen molar-refractivity contribution < 1.29 is 50.4 Å². The molecule has 75 heavy (non-hydrogen) atoms. The molecule has 4 aromatic carbocycles. The van der Waals surface area contributed by atoms with Crippen molar-refractivity contribution in [1.29, 1.82) is 0 Å². The first-order valence-corrected chi connectivity index (χ1v) is 30.1. The molecule has 396 valence electrons. The Morgan fingerprint density at radius 3 is 1.53 bits per heavy atom. The number of benzene rings is 4. The van der Waals surface area contributed by atoms with Crippen LogP contribution in [-0.2, 0) is 52.0 Å². The van der Waals surface area contributed by atoms with E-state index in [1.807, 2.05) is 60.7 Å².